The number of pyridine rings is 2. The molecule has 8 nitrogen and oxygen atoms in total. The Balaban J connectivity index is 1.66. The normalized spacial score (nSPS) is 20.2. The molecule has 2 aromatic heterocycles. The molecule has 1 atom stereocenters. The molecule has 1 saturated heterocycles. The van der Waals surface area contributed by atoms with Crippen molar-refractivity contribution in [3.8, 4) is 17.4 Å². The highest BCUT2D eigenvalue weighted by Crippen LogP contribution is 2.40. The SMILES string of the molecule is COc1cc(C2=CC(C)=C3C(=O)N(c4cncc(OC(F)F)c4)CC3(C)N2)cnc1OC. The van der Waals surface area contributed by atoms with Gasteiger partial charge in [-0.05, 0) is 31.6 Å². The summed E-state index contributed by atoms with van der Waals surface area (Å²) in [5.74, 6) is 0.511. The fraction of sp³-hybridized carbons (Fsp3) is 0.318. The summed E-state index contributed by atoms with van der Waals surface area (Å²) in [6.07, 6.45) is 6.15. The fourth-order valence-corrected chi connectivity index (χ4v) is 4.13. The monoisotopic (exact) mass is 444 g/mol. The van der Waals surface area contributed by atoms with Crippen molar-refractivity contribution < 1.29 is 27.8 Å². The first-order chi connectivity index (χ1) is 15.3. The molecule has 32 heavy (non-hydrogen) atoms. The number of nitrogens with one attached hydrogen (secondary N) is 1. The van der Waals surface area contributed by atoms with E-state index < -0.39 is 12.2 Å². The minimum atomic E-state index is -2.98. The number of methoxy groups -OCH3 is 2. The van der Waals surface area contributed by atoms with E-state index in [1.54, 1.807) is 12.3 Å². The van der Waals surface area contributed by atoms with Crippen LogP contribution < -0.4 is 24.4 Å². The van der Waals surface area contributed by atoms with Gasteiger partial charge < -0.3 is 24.4 Å². The van der Waals surface area contributed by atoms with Gasteiger partial charge in [0.25, 0.3) is 11.8 Å². The Bertz CT molecular complexity index is 1130. The number of amides is 1. The van der Waals surface area contributed by atoms with Gasteiger partial charge in [-0.25, -0.2) is 4.98 Å². The van der Waals surface area contributed by atoms with Crippen LogP contribution in [0.4, 0.5) is 14.5 Å². The standard InChI is InChI=1S/C22H22F2N4O4/c1-12-5-16(13-6-17(30-3)19(31-4)26-8-13)27-22(2)11-28(20(29)18(12)22)14-7-15(10-25-9-14)32-21(23)24/h5-10,21,27H,11H2,1-4H3. The van der Waals surface area contributed by atoms with Crippen LogP contribution >= 0.6 is 0 Å². The number of fused-ring (bicyclic) bond motifs is 1. The van der Waals surface area contributed by atoms with Gasteiger partial charge in [-0.1, -0.05) is 0 Å². The summed E-state index contributed by atoms with van der Waals surface area (Å²) in [6, 6.07) is 3.18. The summed E-state index contributed by atoms with van der Waals surface area (Å²) in [7, 11) is 3.04. The number of alkyl halides is 2. The molecule has 1 fully saturated rings. The van der Waals surface area contributed by atoms with Crippen molar-refractivity contribution >= 4 is 17.3 Å². The molecule has 2 aromatic rings. The van der Waals surface area contributed by atoms with Gasteiger partial charge in [0.05, 0.1) is 44.4 Å². The number of rotatable bonds is 6. The van der Waals surface area contributed by atoms with E-state index in [9.17, 15) is 13.6 Å². The van der Waals surface area contributed by atoms with Crippen LogP contribution in [-0.4, -0.2) is 48.8 Å². The van der Waals surface area contributed by atoms with Gasteiger partial charge in [0.15, 0.2) is 5.75 Å². The molecule has 0 aromatic carbocycles. The van der Waals surface area contributed by atoms with Crippen molar-refractivity contribution in [2.45, 2.75) is 26.0 Å². The summed E-state index contributed by atoms with van der Waals surface area (Å²) in [4.78, 5) is 23.0. The smallest absolute Gasteiger partial charge is 0.387 e. The van der Waals surface area contributed by atoms with Gasteiger partial charge in [0.2, 0.25) is 0 Å². The van der Waals surface area contributed by atoms with Crippen molar-refractivity contribution in [1.82, 2.24) is 15.3 Å². The number of carbonyl (C=O) groups excluding carboxylic acids is 1. The number of allylic oxidation sites excluding steroid dienone is 2. The maximum Gasteiger partial charge on any atom is 0.387 e. The minimum absolute atomic E-state index is 0.112. The molecule has 0 spiro atoms. The second kappa shape index (κ2) is 8.10. The zero-order valence-corrected chi connectivity index (χ0v) is 18.0. The molecule has 0 radical (unpaired) electrons. The third-order valence-electron chi connectivity index (χ3n) is 5.43. The Morgan fingerprint density at radius 1 is 1.19 bits per heavy atom. The Labute approximate surface area is 183 Å². The van der Waals surface area contributed by atoms with Crippen LogP contribution in [0.3, 0.4) is 0 Å². The van der Waals surface area contributed by atoms with Crippen molar-refractivity contribution in [3.63, 3.8) is 0 Å². The van der Waals surface area contributed by atoms with Gasteiger partial charge in [-0.15, -0.1) is 0 Å². The second-order valence-corrected chi connectivity index (χ2v) is 7.66. The topological polar surface area (TPSA) is 85.8 Å². The number of ether oxygens (including phenoxy) is 3. The van der Waals surface area contributed by atoms with E-state index in [0.717, 1.165) is 16.8 Å². The predicted octanol–water partition coefficient (Wildman–Crippen LogP) is 3.16. The van der Waals surface area contributed by atoms with Gasteiger partial charge in [-0.2, -0.15) is 8.78 Å². The Morgan fingerprint density at radius 2 is 1.97 bits per heavy atom. The number of hydrogen-bond donors (Lipinski definition) is 1. The second-order valence-electron chi connectivity index (χ2n) is 7.66. The van der Waals surface area contributed by atoms with Crippen LogP contribution in [0, 0.1) is 0 Å². The zero-order chi connectivity index (χ0) is 23.0. The number of aromatic nitrogens is 2. The first-order valence-corrected chi connectivity index (χ1v) is 9.77. The average molecular weight is 444 g/mol. The fourth-order valence-electron chi connectivity index (χ4n) is 4.13. The minimum Gasteiger partial charge on any atom is -0.491 e. The molecule has 10 heteroatoms. The molecular weight excluding hydrogens is 422 g/mol. The molecule has 0 saturated carbocycles. The lowest BCUT2D eigenvalue weighted by Gasteiger charge is -2.33. The van der Waals surface area contributed by atoms with Crippen LogP contribution in [0.2, 0.25) is 0 Å². The molecule has 2 aliphatic rings. The largest absolute Gasteiger partial charge is 0.491 e. The Kier molecular flexibility index (Phi) is 5.45. The highest BCUT2D eigenvalue weighted by molar-refractivity contribution is 6.12. The molecule has 1 N–H and O–H groups in total. The quantitative estimate of drug-likeness (QED) is 0.733. The molecular formula is C22H22F2N4O4. The molecule has 0 bridgehead atoms. The van der Waals surface area contributed by atoms with Crippen molar-refractivity contribution in [1.29, 1.82) is 0 Å². The molecule has 4 heterocycles. The number of halogens is 2. The van der Waals surface area contributed by atoms with Gasteiger partial charge in [0, 0.05) is 29.1 Å². The van der Waals surface area contributed by atoms with Gasteiger partial charge >= 0.3 is 6.61 Å². The highest BCUT2D eigenvalue weighted by atomic mass is 19.3. The lowest BCUT2D eigenvalue weighted by molar-refractivity contribution is -0.114. The Morgan fingerprint density at radius 3 is 2.66 bits per heavy atom. The summed E-state index contributed by atoms with van der Waals surface area (Å²) in [6.45, 7) is 1.07. The molecule has 4 rings (SSSR count). The molecule has 168 valence electrons. The lowest BCUT2D eigenvalue weighted by atomic mass is 9.86. The van der Waals surface area contributed by atoms with E-state index in [2.05, 4.69) is 20.0 Å². The van der Waals surface area contributed by atoms with E-state index in [-0.39, 0.29) is 18.2 Å². The maximum atomic E-state index is 13.2. The number of hydrogen-bond acceptors (Lipinski definition) is 7. The summed E-state index contributed by atoms with van der Waals surface area (Å²) in [5.41, 5.74) is 2.57. The van der Waals surface area contributed by atoms with E-state index >= 15 is 0 Å². The number of anilines is 1. The van der Waals surface area contributed by atoms with E-state index in [1.165, 1.54) is 37.6 Å². The van der Waals surface area contributed by atoms with Gasteiger partial charge in [0.1, 0.15) is 5.75 Å². The molecule has 1 unspecified atom stereocenters. The maximum absolute atomic E-state index is 13.2. The van der Waals surface area contributed by atoms with Crippen LogP contribution in [0.15, 0.2) is 47.9 Å². The van der Waals surface area contributed by atoms with Gasteiger partial charge in [-0.3, -0.25) is 9.78 Å². The number of carbonyl (C=O) groups is 1. The van der Waals surface area contributed by atoms with Crippen LogP contribution in [0.1, 0.15) is 19.4 Å². The highest BCUT2D eigenvalue weighted by Gasteiger charge is 2.48. The molecule has 2 aliphatic heterocycles. The van der Waals surface area contributed by atoms with Crippen LogP contribution in [0.5, 0.6) is 17.4 Å². The molecule has 0 aliphatic carbocycles. The third kappa shape index (κ3) is 3.72. The predicted molar refractivity (Wildman–Crippen MR) is 113 cm³/mol. The Hall–Kier alpha value is -3.69. The van der Waals surface area contributed by atoms with Crippen LogP contribution in [-0.2, 0) is 4.79 Å². The van der Waals surface area contributed by atoms with E-state index in [1.807, 2.05) is 19.9 Å². The van der Waals surface area contributed by atoms with Crippen molar-refractivity contribution in [2.75, 3.05) is 25.7 Å². The summed E-state index contributed by atoms with van der Waals surface area (Å²) < 4.78 is 40.2. The summed E-state index contributed by atoms with van der Waals surface area (Å²) in [5, 5.41) is 3.44. The number of nitrogens with zero attached hydrogens (tertiary/aromatic N) is 3. The summed E-state index contributed by atoms with van der Waals surface area (Å²) >= 11 is 0. The zero-order valence-electron chi connectivity index (χ0n) is 18.0. The van der Waals surface area contributed by atoms with Crippen LogP contribution in [0.25, 0.3) is 5.70 Å². The first kappa shape index (κ1) is 21.5. The van der Waals surface area contributed by atoms with Crippen molar-refractivity contribution in [2.24, 2.45) is 0 Å². The third-order valence-corrected chi connectivity index (χ3v) is 5.43. The number of dihydropyridines is 1. The lowest BCUT2D eigenvalue weighted by Crippen LogP contribution is -2.46. The van der Waals surface area contributed by atoms with E-state index in [4.69, 9.17) is 9.47 Å². The first-order valence-electron chi connectivity index (χ1n) is 9.77. The molecule has 1 amide bonds. The van der Waals surface area contributed by atoms with E-state index in [0.29, 0.717) is 22.9 Å². The average Bonchev–Trinajstić information content (AvgIpc) is 3.04. The van der Waals surface area contributed by atoms with Crippen molar-refractivity contribution in [3.05, 3.63) is 53.5 Å².